The highest BCUT2D eigenvalue weighted by Gasteiger charge is 2.17. The van der Waals surface area contributed by atoms with Crippen LogP contribution in [0.3, 0.4) is 0 Å². The van der Waals surface area contributed by atoms with Crippen LogP contribution >= 0.6 is 0 Å². The molecule has 0 saturated carbocycles. The van der Waals surface area contributed by atoms with E-state index in [0.717, 1.165) is 30.7 Å². The molecule has 3 heteroatoms. The van der Waals surface area contributed by atoms with E-state index in [1.165, 1.54) is 41.6 Å². The second-order valence-electron chi connectivity index (χ2n) is 5.62. The minimum absolute atomic E-state index is 0.695. The van der Waals surface area contributed by atoms with E-state index in [2.05, 4.69) is 24.4 Å². The zero-order valence-corrected chi connectivity index (χ0v) is 13.0. The summed E-state index contributed by atoms with van der Waals surface area (Å²) in [7, 11) is 0. The number of aryl methyl sites for hydroxylation is 1. The van der Waals surface area contributed by atoms with Gasteiger partial charge in [0.1, 0.15) is 5.75 Å². The van der Waals surface area contributed by atoms with Gasteiger partial charge in [0, 0.05) is 23.3 Å². The number of benzene rings is 1. The van der Waals surface area contributed by atoms with Crippen LogP contribution in [0.2, 0.25) is 0 Å². The maximum absolute atomic E-state index is 5.66. The molecular weight excluding hydrogens is 260 g/mol. The normalized spacial score (nSPS) is 14.6. The van der Waals surface area contributed by atoms with Crippen molar-refractivity contribution < 1.29 is 4.74 Å². The zero-order chi connectivity index (χ0) is 14.7. The van der Waals surface area contributed by atoms with Gasteiger partial charge >= 0.3 is 0 Å². The number of ether oxygens (including phenoxy) is 1. The Hall–Kier alpha value is -1.77. The van der Waals surface area contributed by atoms with Crippen molar-refractivity contribution in [3.63, 3.8) is 0 Å². The number of fused-ring (bicyclic) bond motifs is 2. The summed E-state index contributed by atoms with van der Waals surface area (Å²) in [6, 6.07) is 6.25. The summed E-state index contributed by atoms with van der Waals surface area (Å²) in [5.74, 6) is 0.930. The Kier molecular flexibility index (Phi) is 4.28. The molecule has 0 aliphatic heterocycles. The van der Waals surface area contributed by atoms with Gasteiger partial charge in [0.25, 0.3) is 0 Å². The molecule has 0 unspecified atom stereocenters. The maximum atomic E-state index is 5.66. The molecular formula is C18H24N2O. The Morgan fingerprint density at radius 3 is 2.81 bits per heavy atom. The highest BCUT2D eigenvalue weighted by molar-refractivity contribution is 5.94. The van der Waals surface area contributed by atoms with Gasteiger partial charge in [0.15, 0.2) is 0 Å². The number of nitrogens with one attached hydrogen (secondary N) is 1. The molecule has 0 bridgehead atoms. The van der Waals surface area contributed by atoms with Crippen molar-refractivity contribution in [3.8, 4) is 5.75 Å². The maximum Gasteiger partial charge on any atom is 0.120 e. The standard InChI is InChI=1S/C18H24N2O/c1-3-19-18-14-8-6-5-7-9-16(14)20-17-11-10-13(21-4-2)12-15(17)18/h10-12H,3-9H2,1-2H3,(H,19,20). The van der Waals surface area contributed by atoms with Crippen LogP contribution in [0, 0.1) is 0 Å². The molecule has 112 valence electrons. The minimum Gasteiger partial charge on any atom is -0.494 e. The van der Waals surface area contributed by atoms with Crippen LogP contribution in [-0.4, -0.2) is 18.1 Å². The van der Waals surface area contributed by atoms with E-state index < -0.39 is 0 Å². The Labute approximate surface area is 126 Å². The molecule has 1 aliphatic carbocycles. The van der Waals surface area contributed by atoms with Crippen molar-refractivity contribution >= 4 is 16.6 Å². The molecule has 0 radical (unpaired) electrons. The molecule has 0 saturated heterocycles. The molecule has 21 heavy (non-hydrogen) atoms. The van der Waals surface area contributed by atoms with Crippen LogP contribution in [0.5, 0.6) is 5.75 Å². The van der Waals surface area contributed by atoms with Gasteiger partial charge in [0.05, 0.1) is 12.1 Å². The summed E-state index contributed by atoms with van der Waals surface area (Å²) < 4.78 is 5.66. The molecule has 1 aromatic carbocycles. The Bertz CT molecular complexity index is 637. The number of pyridine rings is 1. The molecule has 2 aromatic rings. The van der Waals surface area contributed by atoms with E-state index in [1.807, 2.05) is 13.0 Å². The monoisotopic (exact) mass is 284 g/mol. The number of rotatable bonds is 4. The predicted octanol–water partition coefficient (Wildman–Crippen LogP) is 4.33. The van der Waals surface area contributed by atoms with E-state index >= 15 is 0 Å². The van der Waals surface area contributed by atoms with Gasteiger partial charge in [-0.05, 0) is 63.3 Å². The first-order valence-corrected chi connectivity index (χ1v) is 8.15. The van der Waals surface area contributed by atoms with Crippen molar-refractivity contribution in [2.75, 3.05) is 18.5 Å². The lowest BCUT2D eigenvalue weighted by molar-refractivity contribution is 0.340. The first-order valence-electron chi connectivity index (χ1n) is 8.15. The lowest BCUT2D eigenvalue weighted by Crippen LogP contribution is -2.06. The van der Waals surface area contributed by atoms with Crippen LogP contribution in [0.4, 0.5) is 5.69 Å². The number of hydrogen-bond donors (Lipinski definition) is 1. The summed E-state index contributed by atoms with van der Waals surface area (Å²) >= 11 is 0. The topological polar surface area (TPSA) is 34.2 Å². The van der Waals surface area contributed by atoms with E-state index in [1.54, 1.807) is 0 Å². The molecule has 1 N–H and O–H groups in total. The fraction of sp³-hybridized carbons (Fsp3) is 0.500. The van der Waals surface area contributed by atoms with Crippen molar-refractivity contribution in [3.05, 3.63) is 29.5 Å². The second kappa shape index (κ2) is 6.33. The van der Waals surface area contributed by atoms with Crippen LogP contribution in [0.25, 0.3) is 10.9 Å². The van der Waals surface area contributed by atoms with Crippen LogP contribution < -0.4 is 10.1 Å². The van der Waals surface area contributed by atoms with Crippen molar-refractivity contribution in [1.29, 1.82) is 0 Å². The Balaban J connectivity index is 2.19. The molecule has 1 heterocycles. The van der Waals surface area contributed by atoms with Crippen LogP contribution in [0.1, 0.15) is 44.4 Å². The number of aromatic nitrogens is 1. The van der Waals surface area contributed by atoms with Crippen LogP contribution in [0.15, 0.2) is 18.2 Å². The highest BCUT2D eigenvalue weighted by Crippen LogP contribution is 2.34. The average molecular weight is 284 g/mol. The summed E-state index contributed by atoms with van der Waals surface area (Å²) in [6.07, 6.45) is 6.08. The Morgan fingerprint density at radius 2 is 2.00 bits per heavy atom. The fourth-order valence-electron chi connectivity index (χ4n) is 3.21. The van der Waals surface area contributed by atoms with Gasteiger partial charge in [-0.3, -0.25) is 4.98 Å². The molecule has 0 atom stereocenters. The van der Waals surface area contributed by atoms with Crippen LogP contribution in [-0.2, 0) is 12.8 Å². The number of anilines is 1. The molecule has 0 spiro atoms. The van der Waals surface area contributed by atoms with Crippen molar-refractivity contribution in [2.45, 2.75) is 46.0 Å². The van der Waals surface area contributed by atoms with E-state index in [0.29, 0.717) is 6.61 Å². The Morgan fingerprint density at radius 1 is 1.14 bits per heavy atom. The van der Waals surface area contributed by atoms with Gasteiger partial charge in [-0.1, -0.05) is 6.42 Å². The lowest BCUT2D eigenvalue weighted by Gasteiger charge is -2.17. The highest BCUT2D eigenvalue weighted by atomic mass is 16.5. The summed E-state index contributed by atoms with van der Waals surface area (Å²) in [6.45, 7) is 5.80. The molecule has 3 rings (SSSR count). The zero-order valence-electron chi connectivity index (χ0n) is 13.0. The van der Waals surface area contributed by atoms with Gasteiger partial charge in [-0.2, -0.15) is 0 Å². The fourth-order valence-corrected chi connectivity index (χ4v) is 3.21. The molecule has 1 aliphatic rings. The third-order valence-electron chi connectivity index (χ3n) is 4.15. The quantitative estimate of drug-likeness (QED) is 0.848. The van der Waals surface area contributed by atoms with Gasteiger partial charge < -0.3 is 10.1 Å². The molecule has 1 aromatic heterocycles. The molecule has 3 nitrogen and oxygen atoms in total. The average Bonchev–Trinajstić information content (AvgIpc) is 2.73. The third kappa shape index (κ3) is 2.82. The first kappa shape index (κ1) is 14.2. The van der Waals surface area contributed by atoms with Crippen molar-refractivity contribution in [1.82, 2.24) is 4.98 Å². The lowest BCUT2D eigenvalue weighted by atomic mass is 10.0. The molecule has 0 amide bonds. The van der Waals surface area contributed by atoms with Gasteiger partial charge in [-0.25, -0.2) is 0 Å². The first-order chi connectivity index (χ1) is 10.3. The predicted molar refractivity (Wildman–Crippen MR) is 88.3 cm³/mol. The smallest absolute Gasteiger partial charge is 0.120 e. The van der Waals surface area contributed by atoms with Crippen molar-refractivity contribution in [2.24, 2.45) is 0 Å². The van der Waals surface area contributed by atoms with E-state index in [-0.39, 0.29) is 0 Å². The summed E-state index contributed by atoms with van der Waals surface area (Å²) in [4.78, 5) is 4.92. The minimum atomic E-state index is 0.695. The third-order valence-corrected chi connectivity index (χ3v) is 4.15. The van der Waals surface area contributed by atoms with E-state index in [9.17, 15) is 0 Å². The van der Waals surface area contributed by atoms with Gasteiger partial charge in [-0.15, -0.1) is 0 Å². The molecule has 0 fully saturated rings. The number of hydrogen-bond acceptors (Lipinski definition) is 3. The largest absolute Gasteiger partial charge is 0.494 e. The van der Waals surface area contributed by atoms with E-state index in [4.69, 9.17) is 9.72 Å². The van der Waals surface area contributed by atoms with Gasteiger partial charge in [0.2, 0.25) is 0 Å². The SMILES string of the molecule is CCNc1c2c(nc3ccc(OCC)cc13)CCCCC2. The summed E-state index contributed by atoms with van der Waals surface area (Å²) in [5.41, 5.74) is 5.08. The number of nitrogens with zero attached hydrogens (tertiary/aromatic N) is 1. The summed E-state index contributed by atoms with van der Waals surface area (Å²) in [5, 5.41) is 4.78. The second-order valence-corrected chi connectivity index (χ2v) is 5.62.